The van der Waals surface area contributed by atoms with Gasteiger partial charge in [0.15, 0.2) is 0 Å². The van der Waals surface area contributed by atoms with E-state index in [4.69, 9.17) is 5.11 Å². The van der Waals surface area contributed by atoms with E-state index in [9.17, 15) is 0 Å². The van der Waals surface area contributed by atoms with Crippen molar-refractivity contribution in [2.24, 2.45) is 46.3 Å². The lowest BCUT2D eigenvalue weighted by molar-refractivity contribution is -0.112. The smallest absolute Gasteiger partial charge is 0.0612 e. The molecule has 0 spiro atoms. The second kappa shape index (κ2) is 10.8. The zero-order chi connectivity index (χ0) is 21.7. The van der Waals surface area contributed by atoms with E-state index in [2.05, 4.69) is 26.8 Å². The summed E-state index contributed by atoms with van der Waals surface area (Å²) in [5.41, 5.74) is 1.22. The predicted octanol–water partition coefficient (Wildman–Crippen LogP) is 8.27. The van der Waals surface area contributed by atoms with Crippen LogP contribution in [0.1, 0.15) is 113 Å². The van der Waals surface area contributed by atoms with Crippen LogP contribution in [0.3, 0.4) is 0 Å². The van der Waals surface area contributed by atoms with E-state index in [0.29, 0.717) is 16.7 Å². The average molecular weight is 405 g/mol. The van der Waals surface area contributed by atoms with Crippen molar-refractivity contribution in [3.63, 3.8) is 0 Å². The Hall–Kier alpha value is -0.300. The van der Waals surface area contributed by atoms with Crippen molar-refractivity contribution < 1.29 is 5.11 Å². The molecular weight excluding hydrogens is 352 g/mol. The number of aliphatic hydroxyl groups excluding tert-OH is 1. The van der Waals surface area contributed by atoms with Crippen LogP contribution in [0.2, 0.25) is 0 Å². The van der Waals surface area contributed by atoms with E-state index in [1.807, 2.05) is 33.8 Å². The molecule has 0 radical (unpaired) electrons. The molecule has 1 N–H and O–H groups in total. The van der Waals surface area contributed by atoms with Crippen LogP contribution in [0.15, 0.2) is 12.2 Å². The van der Waals surface area contributed by atoms with Crippen LogP contribution in [-0.2, 0) is 0 Å². The third kappa shape index (κ3) is 4.51. The molecule has 0 aromatic heterocycles. The van der Waals surface area contributed by atoms with Crippen molar-refractivity contribution in [3.8, 4) is 0 Å². The van der Waals surface area contributed by atoms with E-state index >= 15 is 0 Å². The molecule has 4 fully saturated rings. The van der Waals surface area contributed by atoms with Crippen LogP contribution in [0, 0.1) is 46.3 Å². The van der Waals surface area contributed by atoms with Gasteiger partial charge in [0, 0.05) is 0 Å². The maximum absolute atomic E-state index is 9.16. The first-order valence-corrected chi connectivity index (χ1v) is 13.3. The lowest BCUT2D eigenvalue weighted by Crippen LogP contribution is -2.53. The van der Waals surface area contributed by atoms with Crippen molar-refractivity contribution in [2.45, 2.75) is 113 Å². The van der Waals surface area contributed by atoms with Crippen LogP contribution in [-0.4, -0.2) is 11.7 Å². The Bertz CT molecular complexity index is 510. The van der Waals surface area contributed by atoms with Crippen LogP contribution >= 0.6 is 0 Å². The quantitative estimate of drug-likeness (QED) is 0.469. The van der Waals surface area contributed by atoms with E-state index in [-0.39, 0.29) is 6.61 Å². The third-order valence-electron chi connectivity index (χ3n) is 9.84. The minimum absolute atomic E-state index is 0.196. The summed E-state index contributed by atoms with van der Waals surface area (Å²) in [4.78, 5) is 0. The highest BCUT2D eigenvalue weighted by Crippen LogP contribution is 2.68. The Morgan fingerprint density at radius 2 is 1.52 bits per heavy atom. The molecule has 4 rings (SSSR count). The summed E-state index contributed by atoms with van der Waals surface area (Å²) in [6.07, 6.45) is 19.2. The molecular formula is C28H52O. The molecule has 0 amide bonds. The number of aliphatic hydroxyl groups is 1. The summed E-state index contributed by atoms with van der Waals surface area (Å²) < 4.78 is 0. The first-order chi connectivity index (χ1) is 14.0. The van der Waals surface area contributed by atoms with Gasteiger partial charge >= 0.3 is 0 Å². The maximum Gasteiger partial charge on any atom is 0.0612 e. The van der Waals surface area contributed by atoms with Gasteiger partial charge < -0.3 is 5.11 Å². The van der Waals surface area contributed by atoms with Gasteiger partial charge in [0.25, 0.3) is 0 Å². The van der Waals surface area contributed by atoms with Crippen LogP contribution < -0.4 is 0 Å². The lowest BCUT2D eigenvalue weighted by atomic mass is 9.44. The fourth-order valence-electron chi connectivity index (χ4n) is 8.61. The van der Waals surface area contributed by atoms with Gasteiger partial charge in [-0.1, -0.05) is 73.5 Å². The van der Waals surface area contributed by atoms with Gasteiger partial charge in [0.1, 0.15) is 0 Å². The van der Waals surface area contributed by atoms with Crippen molar-refractivity contribution >= 4 is 0 Å². The summed E-state index contributed by atoms with van der Waals surface area (Å²) in [5, 5.41) is 9.16. The molecule has 4 aliphatic rings. The molecule has 0 heterocycles. The molecule has 4 aliphatic carbocycles. The minimum Gasteiger partial charge on any atom is -0.392 e. The van der Waals surface area contributed by atoms with E-state index in [0.717, 1.165) is 29.6 Å². The van der Waals surface area contributed by atoms with Gasteiger partial charge in [-0.05, 0) is 97.7 Å². The van der Waals surface area contributed by atoms with Crippen molar-refractivity contribution in [1.82, 2.24) is 0 Å². The predicted molar refractivity (Wildman–Crippen MR) is 128 cm³/mol. The zero-order valence-corrected chi connectivity index (χ0v) is 20.8. The van der Waals surface area contributed by atoms with Crippen molar-refractivity contribution in [2.75, 3.05) is 6.61 Å². The fraction of sp³-hybridized carbons (Fsp3) is 0.929. The van der Waals surface area contributed by atoms with Crippen molar-refractivity contribution in [3.05, 3.63) is 12.2 Å². The summed E-state index contributed by atoms with van der Waals surface area (Å²) >= 11 is 0. The largest absolute Gasteiger partial charge is 0.392 e. The van der Waals surface area contributed by atoms with Gasteiger partial charge in [-0.25, -0.2) is 0 Å². The third-order valence-corrected chi connectivity index (χ3v) is 9.84. The van der Waals surface area contributed by atoms with Gasteiger partial charge in [-0.15, -0.1) is 0 Å². The number of hydrogen-bond acceptors (Lipinski definition) is 1. The van der Waals surface area contributed by atoms with Crippen LogP contribution in [0.25, 0.3) is 0 Å². The minimum atomic E-state index is 0.196. The van der Waals surface area contributed by atoms with Gasteiger partial charge in [0.05, 0.1) is 6.61 Å². The molecule has 170 valence electrons. The Balaban J connectivity index is 0.000000707. The molecule has 0 aliphatic heterocycles. The number of allylic oxidation sites excluding steroid dienone is 1. The Labute approximate surface area is 183 Å². The Morgan fingerprint density at radius 1 is 0.828 bits per heavy atom. The molecule has 1 nitrogen and oxygen atoms in total. The maximum atomic E-state index is 9.16. The Kier molecular flexibility index (Phi) is 9.32. The first-order valence-electron chi connectivity index (χ1n) is 13.3. The summed E-state index contributed by atoms with van der Waals surface area (Å²) in [6, 6.07) is 0. The second-order valence-corrected chi connectivity index (χ2v) is 10.6. The van der Waals surface area contributed by atoms with E-state index in [1.54, 1.807) is 0 Å². The SMILES string of the molecule is CC.CC.C[C@H](/C=C/CO)C1CCC2C3CCC4CCCCC4(C)C3CCC21C. The monoisotopic (exact) mass is 404 g/mol. The lowest BCUT2D eigenvalue weighted by Gasteiger charge is -2.60. The first kappa shape index (κ1) is 25.0. The van der Waals surface area contributed by atoms with Crippen LogP contribution in [0.4, 0.5) is 0 Å². The van der Waals surface area contributed by atoms with Crippen molar-refractivity contribution in [1.29, 1.82) is 0 Å². The summed E-state index contributed by atoms with van der Waals surface area (Å²) in [7, 11) is 0. The molecule has 29 heavy (non-hydrogen) atoms. The highest BCUT2D eigenvalue weighted by atomic mass is 16.2. The van der Waals surface area contributed by atoms with Crippen LogP contribution in [0.5, 0.6) is 0 Å². The highest BCUT2D eigenvalue weighted by Gasteiger charge is 2.59. The number of fused-ring (bicyclic) bond motifs is 5. The second-order valence-electron chi connectivity index (χ2n) is 10.6. The zero-order valence-electron chi connectivity index (χ0n) is 20.8. The summed E-state index contributed by atoms with van der Waals surface area (Å²) in [5.74, 6) is 5.50. The molecule has 8 atom stereocenters. The molecule has 1 heteroatoms. The molecule has 0 saturated heterocycles. The van der Waals surface area contributed by atoms with Gasteiger partial charge in [-0.3, -0.25) is 0 Å². The van der Waals surface area contributed by atoms with E-state index in [1.165, 1.54) is 64.2 Å². The average Bonchev–Trinajstić information content (AvgIpc) is 3.12. The fourth-order valence-corrected chi connectivity index (χ4v) is 8.61. The summed E-state index contributed by atoms with van der Waals surface area (Å²) in [6.45, 7) is 15.9. The molecule has 0 aromatic rings. The molecule has 4 saturated carbocycles. The van der Waals surface area contributed by atoms with Gasteiger partial charge in [0.2, 0.25) is 0 Å². The van der Waals surface area contributed by atoms with Gasteiger partial charge in [-0.2, -0.15) is 0 Å². The topological polar surface area (TPSA) is 20.2 Å². The Morgan fingerprint density at radius 3 is 2.21 bits per heavy atom. The molecule has 0 aromatic carbocycles. The number of rotatable bonds is 3. The standard InChI is InChI=1S/C24H40O.2C2H6/c1-17(7-6-16-25)20-11-12-21-19-10-9-18-8-4-5-14-23(18,2)22(19)13-15-24(20,21)3;2*1-2/h6-7,17-22,25H,4-5,8-16H2,1-3H3;2*1-2H3/b7-6+;;/t17-,18?,19?,20?,21?,22?,23?,24?;;/m1../s1. The highest BCUT2D eigenvalue weighted by molar-refractivity contribution is 5.10. The molecule has 7 unspecified atom stereocenters. The number of hydrogen-bond donors (Lipinski definition) is 1. The normalized spacial score (nSPS) is 44.3. The molecule has 0 bridgehead atoms. The van der Waals surface area contributed by atoms with E-state index < -0.39 is 0 Å².